The third-order valence-corrected chi connectivity index (χ3v) is 4.48. The minimum atomic E-state index is -0.0620. The molecule has 0 amide bonds. The number of aliphatic imine (C=N–C) groups is 1. The predicted octanol–water partition coefficient (Wildman–Crippen LogP) is 4.82. The molecule has 0 radical (unpaired) electrons. The van der Waals surface area contributed by atoms with Crippen LogP contribution in [-0.4, -0.2) is 22.5 Å². The van der Waals surface area contributed by atoms with Crippen LogP contribution < -0.4 is 15.4 Å². The lowest BCUT2D eigenvalue weighted by molar-refractivity contribution is 0.301. The summed E-state index contributed by atoms with van der Waals surface area (Å²) in [5.41, 5.74) is 1.89. The van der Waals surface area contributed by atoms with Gasteiger partial charge in [0.15, 0.2) is 5.96 Å². The number of nitrogens with one attached hydrogen (secondary N) is 2. The van der Waals surface area contributed by atoms with Gasteiger partial charge < -0.3 is 19.8 Å². The van der Waals surface area contributed by atoms with E-state index in [-0.39, 0.29) is 29.4 Å². The third-order valence-electron chi connectivity index (χ3n) is 4.48. The molecule has 0 aliphatic heterocycles. The Balaban J connectivity index is 0.00000363. The minimum Gasteiger partial charge on any atom is -0.487 e. The lowest BCUT2D eigenvalue weighted by Crippen LogP contribution is -2.36. The van der Waals surface area contributed by atoms with E-state index in [1.54, 1.807) is 12.4 Å². The van der Waals surface area contributed by atoms with Crippen molar-refractivity contribution in [2.45, 2.75) is 52.8 Å². The van der Waals surface area contributed by atoms with Crippen molar-refractivity contribution in [3.05, 3.63) is 77.8 Å². The van der Waals surface area contributed by atoms with Gasteiger partial charge in [-0.1, -0.05) is 39.0 Å². The summed E-state index contributed by atoms with van der Waals surface area (Å²) in [4.78, 5) is 13.3. The van der Waals surface area contributed by atoms with E-state index < -0.39 is 0 Å². The number of aromatic nitrogens is 2. The van der Waals surface area contributed by atoms with Crippen LogP contribution in [0.15, 0.2) is 64.3 Å². The Bertz CT molecular complexity index is 983. The summed E-state index contributed by atoms with van der Waals surface area (Å²) in [6.45, 7) is 10.5. The standard InChI is InChI=1S/C24H31N5O2.HI/c1-5-25-23(29-16-22-27-15-21(31-22)24(2,3)4)28-14-18-9-8-11-20(13-18)30-17-19-10-6-7-12-26-19;/h6-13,15H,5,14,16-17H2,1-4H3,(H2,25,28,29);1H. The van der Waals surface area contributed by atoms with Crippen molar-refractivity contribution in [2.75, 3.05) is 6.54 Å². The highest BCUT2D eigenvalue weighted by Gasteiger charge is 2.19. The Morgan fingerprint density at radius 2 is 1.94 bits per heavy atom. The molecule has 0 saturated carbocycles. The van der Waals surface area contributed by atoms with Gasteiger partial charge in [0.1, 0.15) is 18.1 Å². The van der Waals surface area contributed by atoms with Gasteiger partial charge in [0.2, 0.25) is 5.89 Å². The van der Waals surface area contributed by atoms with Crippen molar-refractivity contribution in [3.63, 3.8) is 0 Å². The molecule has 172 valence electrons. The highest BCUT2D eigenvalue weighted by atomic mass is 127. The molecule has 3 rings (SSSR count). The highest BCUT2D eigenvalue weighted by molar-refractivity contribution is 14.0. The zero-order valence-corrected chi connectivity index (χ0v) is 21.4. The molecule has 2 aromatic heterocycles. The van der Waals surface area contributed by atoms with Crippen molar-refractivity contribution in [1.82, 2.24) is 20.6 Å². The van der Waals surface area contributed by atoms with E-state index in [4.69, 9.17) is 9.15 Å². The topological polar surface area (TPSA) is 84.6 Å². The van der Waals surface area contributed by atoms with Gasteiger partial charge in [0.25, 0.3) is 0 Å². The Morgan fingerprint density at radius 1 is 1.09 bits per heavy atom. The number of rotatable bonds is 8. The van der Waals surface area contributed by atoms with Crippen LogP contribution in [0.1, 0.15) is 50.6 Å². The van der Waals surface area contributed by atoms with Crippen LogP contribution in [0.4, 0.5) is 0 Å². The molecule has 0 fully saturated rings. The first-order valence-corrected chi connectivity index (χ1v) is 10.5. The van der Waals surface area contributed by atoms with Gasteiger partial charge in [-0.15, -0.1) is 24.0 Å². The molecule has 0 aliphatic carbocycles. The molecule has 2 N–H and O–H groups in total. The van der Waals surface area contributed by atoms with Crippen LogP contribution in [0.3, 0.4) is 0 Å². The fraction of sp³-hybridized carbons (Fsp3) is 0.375. The van der Waals surface area contributed by atoms with E-state index in [1.807, 2.05) is 49.4 Å². The quantitative estimate of drug-likeness (QED) is 0.238. The monoisotopic (exact) mass is 549 g/mol. The lowest BCUT2D eigenvalue weighted by Gasteiger charge is -2.13. The number of halogens is 1. The van der Waals surface area contributed by atoms with Crippen LogP contribution in [-0.2, 0) is 25.1 Å². The van der Waals surface area contributed by atoms with Gasteiger partial charge >= 0.3 is 0 Å². The number of hydrogen-bond acceptors (Lipinski definition) is 5. The second-order valence-corrected chi connectivity index (χ2v) is 8.17. The Kier molecular flexibility index (Phi) is 9.96. The fourth-order valence-corrected chi connectivity index (χ4v) is 2.78. The maximum Gasteiger partial charge on any atom is 0.213 e. The first-order valence-electron chi connectivity index (χ1n) is 10.5. The second kappa shape index (κ2) is 12.4. The number of hydrogen-bond donors (Lipinski definition) is 2. The first kappa shape index (κ1) is 25.6. The van der Waals surface area contributed by atoms with Gasteiger partial charge in [0.05, 0.1) is 25.0 Å². The maximum atomic E-state index is 5.86. The highest BCUT2D eigenvalue weighted by Crippen LogP contribution is 2.22. The molecular weight excluding hydrogens is 517 g/mol. The Labute approximate surface area is 207 Å². The molecule has 0 atom stereocenters. The zero-order chi connectivity index (χ0) is 22.1. The maximum absolute atomic E-state index is 5.86. The predicted molar refractivity (Wildman–Crippen MR) is 137 cm³/mol. The summed E-state index contributed by atoms with van der Waals surface area (Å²) < 4.78 is 11.7. The molecule has 0 bridgehead atoms. The van der Waals surface area contributed by atoms with Crippen LogP contribution in [0.25, 0.3) is 0 Å². The normalized spacial score (nSPS) is 11.6. The summed E-state index contributed by atoms with van der Waals surface area (Å²) in [7, 11) is 0. The van der Waals surface area contributed by atoms with E-state index in [0.717, 1.165) is 29.3 Å². The molecule has 3 aromatic rings. The van der Waals surface area contributed by atoms with Crippen LogP contribution in [0, 0.1) is 0 Å². The Hall–Kier alpha value is -2.62. The fourth-order valence-electron chi connectivity index (χ4n) is 2.78. The van der Waals surface area contributed by atoms with E-state index >= 15 is 0 Å². The number of pyridine rings is 1. The summed E-state index contributed by atoms with van der Waals surface area (Å²) in [5, 5.41) is 6.53. The van der Waals surface area contributed by atoms with Crippen molar-refractivity contribution in [3.8, 4) is 5.75 Å². The molecule has 0 aliphatic rings. The van der Waals surface area contributed by atoms with Gasteiger partial charge in [-0.25, -0.2) is 9.98 Å². The van der Waals surface area contributed by atoms with E-state index in [2.05, 4.69) is 46.4 Å². The van der Waals surface area contributed by atoms with Gasteiger partial charge in [-0.2, -0.15) is 0 Å². The Morgan fingerprint density at radius 3 is 2.62 bits per heavy atom. The number of benzene rings is 1. The zero-order valence-electron chi connectivity index (χ0n) is 19.1. The summed E-state index contributed by atoms with van der Waals surface area (Å²) in [6, 6.07) is 13.7. The van der Waals surface area contributed by atoms with E-state index in [0.29, 0.717) is 31.5 Å². The van der Waals surface area contributed by atoms with Crippen LogP contribution >= 0.6 is 24.0 Å². The van der Waals surface area contributed by atoms with Crippen LogP contribution in [0.2, 0.25) is 0 Å². The van der Waals surface area contributed by atoms with Crippen molar-refractivity contribution < 1.29 is 9.15 Å². The van der Waals surface area contributed by atoms with Crippen molar-refractivity contribution in [1.29, 1.82) is 0 Å². The average molecular weight is 549 g/mol. The number of ether oxygens (including phenoxy) is 1. The summed E-state index contributed by atoms with van der Waals surface area (Å²) in [5.74, 6) is 3.01. The third kappa shape index (κ3) is 8.14. The van der Waals surface area contributed by atoms with Crippen LogP contribution in [0.5, 0.6) is 5.75 Å². The largest absolute Gasteiger partial charge is 0.487 e. The second-order valence-electron chi connectivity index (χ2n) is 8.17. The molecule has 1 aromatic carbocycles. The molecule has 0 spiro atoms. The van der Waals surface area contributed by atoms with E-state index in [9.17, 15) is 0 Å². The smallest absolute Gasteiger partial charge is 0.213 e. The molecule has 32 heavy (non-hydrogen) atoms. The van der Waals surface area contributed by atoms with Crippen molar-refractivity contribution >= 4 is 29.9 Å². The summed E-state index contributed by atoms with van der Waals surface area (Å²) >= 11 is 0. The molecule has 8 heteroatoms. The summed E-state index contributed by atoms with van der Waals surface area (Å²) in [6.07, 6.45) is 3.55. The molecule has 7 nitrogen and oxygen atoms in total. The first-order chi connectivity index (χ1) is 14.9. The number of oxazole rings is 1. The van der Waals surface area contributed by atoms with Gasteiger partial charge in [-0.05, 0) is 36.8 Å². The lowest BCUT2D eigenvalue weighted by atomic mass is 9.94. The molecule has 0 unspecified atom stereocenters. The molecule has 2 heterocycles. The van der Waals surface area contributed by atoms with E-state index in [1.165, 1.54) is 0 Å². The number of nitrogens with zero attached hydrogens (tertiary/aromatic N) is 3. The minimum absolute atomic E-state index is 0. The molecule has 0 saturated heterocycles. The van der Waals surface area contributed by atoms with Gasteiger partial charge in [0, 0.05) is 18.2 Å². The number of guanidine groups is 1. The van der Waals surface area contributed by atoms with Gasteiger partial charge in [-0.3, -0.25) is 4.98 Å². The SMILES string of the molecule is CCNC(=NCc1cccc(OCc2ccccn2)c1)NCc1ncc(C(C)(C)C)o1.I. The average Bonchev–Trinajstić information content (AvgIpc) is 3.25. The molecular formula is C24H32IN5O2. The van der Waals surface area contributed by atoms with Crippen molar-refractivity contribution in [2.24, 2.45) is 4.99 Å².